The van der Waals surface area contributed by atoms with E-state index >= 15 is 0 Å². The molecule has 15 heavy (non-hydrogen) atoms. The average Bonchev–Trinajstić information content (AvgIpc) is 2.37. The fourth-order valence-electron chi connectivity index (χ4n) is 1.86. The van der Waals surface area contributed by atoms with Crippen molar-refractivity contribution in [3.8, 4) is 5.75 Å². The molecule has 2 N–H and O–H groups in total. The third kappa shape index (κ3) is 1.67. The molecule has 1 aromatic rings. The van der Waals surface area contributed by atoms with Crippen LogP contribution >= 0.6 is 11.6 Å². The van der Waals surface area contributed by atoms with E-state index in [9.17, 15) is 4.79 Å². The van der Waals surface area contributed by atoms with Gasteiger partial charge in [0, 0.05) is 6.42 Å². The minimum Gasteiger partial charge on any atom is -0.486 e. The van der Waals surface area contributed by atoms with Crippen molar-refractivity contribution < 1.29 is 9.53 Å². The molecule has 0 unspecified atom stereocenters. The van der Waals surface area contributed by atoms with Crippen LogP contribution in [0.1, 0.15) is 29.8 Å². The van der Waals surface area contributed by atoms with Gasteiger partial charge in [-0.15, -0.1) is 0 Å². The van der Waals surface area contributed by atoms with Crippen molar-refractivity contribution >= 4 is 17.5 Å². The Balaban J connectivity index is 2.60. The summed E-state index contributed by atoms with van der Waals surface area (Å²) in [5.74, 6) is -0.00505. The van der Waals surface area contributed by atoms with Crippen LogP contribution in [0.4, 0.5) is 0 Å². The third-order valence-electron chi connectivity index (χ3n) is 2.43. The summed E-state index contributed by atoms with van der Waals surface area (Å²) < 4.78 is 5.68. The highest BCUT2D eigenvalue weighted by atomic mass is 35.5. The van der Waals surface area contributed by atoms with Gasteiger partial charge < -0.3 is 10.5 Å². The molecule has 0 fully saturated rings. The van der Waals surface area contributed by atoms with Gasteiger partial charge in [-0.1, -0.05) is 17.7 Å². The maximum Gasteiger partial charge on any atom is 0.254 e. The predicted octanol–water partition coefficient (Wildman–Crippen LogP) is 2.15. The van der Waals surface area contributed by atoms with Crippen molar-refractivity contribution in [3.63, 3.8) is 0 Å². The number of carbonyl (C=O) groups is 1. The molecule has 0 aliphatic carbocycles. The summed E-state index contributed by atoms with van der Waals surface area (Å²) in [6.07, 6.45) is 0.764. The number of hydrogen-bond acceptors (Lipinski definition) is 2. The number of halogens is 1. The zero-order valence-electron chi connectivity index (χ0n) is 8.63. The van der Waals surface area contributed by atoms with E-state index < -0.39 is 5.91 Å². The predicted molar refractivity (Wildman–Crippen MR) is 58.4 cm³/mol. The van der Waals surface area contributed by atoms with E-state index in [1.807, 2.05) is 19.9 Å². The molecule has 0 radical (unpaired) electrons. The fraction of sp³-hybridized carbons (Fsp3) is 0.364. The normalized spacial score (nSPS) is 17.0. The highest BCUT2D eigenvalue weighted by molar-refractivity contribution is 6.34. The first-order chi connectivity index (χ1) is 6.91. The van der Waals surface area contributed by atoms with Crippen molar-refractivity contribution in [3.05, 3.63) is 28.3 Å². The monoisotopic (exact) mass is 225 g/mol. The number of primary amides is 1. The van der Waals surface area contributed by atoms with Gasteiger partial charge in [0.25, 0.3) is 5.91 Å². The number of hydrogen-bond donors (Lipinski definition) is 1. The SMILES string of the molecule is CC1(C)Cc2ccc(Cl)c(C(N)=O)c2O1. The number of nitrogens with two attached hydrogens (primary N) is 1. The molecule has 0 bridgehead atoms. The molecular formula is C11H12ClNO2. The van der Waals surface area contributed by atoms with Crippen molar-refractivity contribution in [2.75, 3.05) is 0 Å². The molecule has 4 heteroatoms. The lowest BCUT2D eigenvalue weighted by molar-refractivity contribution is 0.0986. The van der Waals surface area contributed by atoms with Gasteiger partial charge in [0.05, 0.1) is 5.02 Å². The van der Waals surface area contributed by atoms with Gasteiger partial charge in [-0.3, -0.25) is 4.79 Å². The van der Waals surface area contributed by atoms with Gasteiger partial charge in [0.15, 0.2) is 0 Å². The Bertz CT molecular complexity index is 440. The second-order valence-electron chi connectivity index (χ2n) is 4.31. The Morgan fingerprint density at radius 3 is 2.80 bits per heavy atom. The largest absolute Gasteiger partial charge is 0.486 e. The van der Waals surface area contributed by atoms with E-state index in [4.69, 9.17) is 22.1 Å². The van der Waals surface area contributed by atoms with E-state index in [1.54, 1.807) is 6.07 Å². The molecule has 1 aromatic carbocycles. The van der Waals surface area contributed by atoms with Gasteiger partial charge in [0.1, 0.15) is 16.9 Å². The van der Waals surface area contributed by atoms with Crippen LogP contribution in [0, 0.1) is 0 Å². The van der Waals surface area contributed by atoms with Crippen LogP contribution in [0.25, 0.3) is 0 Å². The van der Waals surface area contributed by atoms with E-state index in [-0.39, 0.29) is 5.60 Å². The van der Waals surface area contributed by atoms with Gasteiger partial charge in [-0.25, -0.2) is 0 Å². The lowest BCUT2D eigenvalue weighted by atomic mass is 10.0. The maximum atomic E-state index is 11.3. The topological polar surface area (TPSA) is 52.3 Å². The Kier molecular flexibility index (Phi) is 2.15. The highest BCUT2D eigenvalue weighted by Gasteiger charge is 2.33. The van der Waals surface area contributed by atoms with Crippen molar-refractivity contribution in [1.29, 1.82) is 0 Å². The molecule has 3 nitrogen and oxygen atoms in total. The van der Waals surface area contributed by atoms with Crippen molar-refractivity contribution in [2.45, 2.75) is 25.9 Å². The molecule has 0 spiro atoms. The fourth-order valence-corrected chi connectivity index (χ4v) is 2.10. The molecule has 2 rings (SSSR count). The maximum absolute atomic E-state index is 11.3. The third-order valence-corrected chi connectivity index (χ3v) is 2.74. The minimum absolute atomic E-state index is 0.291. The molecule has 80 valence electrons. The molecule has 0 atom stereocenters. The van der Waals surface area contributed by atoms with Crippen LogP contribution in [-0.4, -0.2) is 11.5 Å². The molecule has 0 saturated heterocycles. The van der Waals surface area contributed by atoms with Crippen LogP contribution in [0.5, 0.6) is 5.75 Å². The first-order valence-corrected chi connectivity index (χ1v) is 5.09. The Morgan fingerprint density at radius 1 is 1.53 bits per heavy atom. The number of amides is 1. The zero-order chi connectivity index (χ0) is 11.2. The van der Waals surface area contributed by atoms with Crippen LogP contribution < -0.4 is 10.5 Å². The number of benzene rings is 1. The van der Waals surface area contributed by atoms with Crippen LogP contribution in [0.2, 0.25) is 5.02 Å². The Hall–Kier alpha value is -1.22. The quantitative estimate of drug-likeness (QED) is 0.796. The second kappa shape index (κ2) is 3.14. The first-order valence-electron chi connectivity index (χ1n) is 4.71. The van der Waals surface area contributed by atoms with Gasteiger partial charge in [0.2, 0.25) is 0 Å². The number of carbonyl (C=O) groups excluding carboxylic acids is 1. The smallest absolute Gasteiger partial charge is 0.254 e. The number of rotatable bonds is 1. The van der Waals surface area contributed by atoms with Crippen molar-refractivity contribution in [2.24, 2.45) is 5.73 Å². The minimum atomic E-state index is -0.547. The van der Waals surface area contributed by atoms with Gasteiger partial charge >= 0.3 is 0 Å². The Morgan fingerprint density at radius 2 is 2.20 bits per heavy atom. The standard InChI is InChI=1S/C11H12ClNO2/c1-11(2)5-6-3-4-7(12)8(10(13)14)9(6)15-11/h3-4H,5H2,1-2H3,(H2,13,14). The summed E-state index contributed by atoms with van der Waals surface area (Å²) in [7, 11) is 0. The summed E-state index contributed by atoms with van der Waals surface area (Å²) in [5.41, 5.74) is 6.25. The molecule has 1 aliphatic heterocycles. The van der Waals surface area contributed by atoms with Gasteiger partial charge in [-0.2, -0.15) is 0 Å². The van der Waals surface area contributed by atoms with Crippen LogP contribution in [0.15, 0.2) is 12.1 Å². The average molecular weight is 226 g/mol. The molecular weight excluding hydrogens is 214 g/mol. The summed E-state index contributed by atoms with van der Waals surface area (Å²) in [6, 6.07) is 3.56. The summed E-state index contributed by atoms with van der Waals surface area (Å²) in [6.45, 7) is 3.93. The number of fused-ring (bicyclic) bond motifs is 1. The molecule has 0 aromatic heterocycles. The lowest BCUT2D eigenvalue weighted by Gasteiger charge is -2.17. The van der Waals surface area contributed by atoms with Crippen molar-refractivity contribution in [1.82, 2.24) is 0 Å². The van der Waals surface area contributed by atoms with E-state index in [0.29, 0.717) is 16.3 Å². The van der Waals surface area contributed by atoms with Crippen LogP contribution in [-0.2, 0) is 6.42 Å². The highest BCUT2D eigenvalue weighted by Crippen LogP contribution is 2.40. The molecule has 1 heterocycles. The zero-order valence-corrected chi connectivity index (χ0v) is 9.39. The summed E-state index contributed by atoms with van der Waals surface area (Å²) in [4.78, 5) is 11.3. The second-order valence-corrected chi connectivity index (χ2v) is 4.72. The first kappa shape index (κ1) is 10.3. The van der Waals surface area contributed by atoms with E-state index in [1.165, 1.54) is 0 Å². The van der Waals surface area contributed by atoms with Crippen LogP contribution in [0.3, 0.4) is 0 Å². The van der Waals surface area contributed by atoms with Gasteiger partial charge in [-0.05, 0) is 25.5 Å². The summed E-state index contributed by atoms with van der Waals surface area (Å²) >= 11 is 5.92. The van der Waals surface area contributed by atoms with E-state index in [0.717, 1.165) is 12.0 Å². The molecule has 0 saturated carbocycles. The van der Waals surface area contributed by atoms with E-state index in [2.05, 4.69) is 0 Å². The summed E-state index contributed by atoms with van der Waals surface area (Å²) in [5, 5.41) is 0.346. The molecule has 1 amide bonds. The lowest BCUT2D eigenvalue weighted by Crippen LogP contribution is -2.25. The number of ether oxygens (including phenoxy) is 1. The Labute approximate surface area is 93.2 Å². The molecule has 1 aliphatic rings.